The Bertz CT molecular complexity index is 443. The molecule has 0 saturated carbocycles. The Labute approximate surface area is 99.6 Å². The molecule has 2 heteroatoms. The van der Waals surface area contributed by atoms with Crippen LogP contribution in [0.2, 0.25) is 0 Å². The largest absolute Gasteiger partial charge is 0.145 e. The van der Waals surface area contributed by atoms with Crippen molar-refractivity contribution in [1.82, 2.24) is 0 Å². The van der Waals surface area contributed by atoms with Crippen molar-refractivity contribution < 1.29 is 0 Å². The van der Waals surface area contributed by atoms with Gasteiger partial charge in [0.15, 0.2) is 0 Å². The van der Waals surface area contributed by atoms with Gasteiger partial charge in [0.2, 0.25) is 0 Å². The van der Waals surface area contributed by atoms with Gasteiger partial charge in [0.05, 0.1) is 0 Å². The Morgan fingerprint density at radius 2 is 1.73 bits per heavy atom. The van der Waals surface area contributed by atoms with Gasteiger partial charge in [-0.1, -0.05) is 6.92 Å². The van der Waals surface area contributed by atoms with E-state index < -0.39 is 0 Å². The molecule has 1 atom stereocenters. The summed E-state index contributed by atoms with van der Waals surface area (Å²) >= 11 is 3.85. The normalized spacial score (nSPS) is 13.1. The van der Waals surface area contributed by atoms with Crippen molar-refractivity contribution in [1.29, 1.82) is 0 Å². The second-order valence-electron chi connectivity index (χ2n) is 4.06. The Morgan fingerprint density at radius 1 is 1.00 bits per heavy atom. The highest BCUT2D eigenvalue weighted by molar-refractivity contribution is 7.13. The van der Waals surface area contributed by atoms with Crippen LogP contribution in [0.15, 0.2) is 18.2 Å². The number of hydrogen-bond acceptors (Lipinski definition) is 2. The van der Waals surface area contributed by atoms with E-state index in [0.717, 1.165) is 0 Å². The number of thiophene rings is 2. The summed E-state index contributed by atoms with van der Waals surface area (Å²) in [6.07, 6.45) is 0. The van der Waals surface area contributed by atoms with Gasteiger partial charge in [0.1, 0.15) is 0 Å². The van der Waals surface area contributed by atoms with Gasteiger partial charge in [-0.05, 0) is 44.5 Å². The number of aryl methyl sites for hydroxylation is 3. The van der Waals surface area contributed by atoms with E-state index in [1.807, 2.05) is 22.7 Å². The van der Waals surface area contributed by atoms with E-state index in [1.165, 1.54) is 25.1 Å². The molecular formula is C13H16S2. The second-order valence-corrected chi connectivity index (χ2v) is 6.67. The fourth-order valence-corrected chi connectivity index (χ4v) is 3.78. The van der Waals surface area contributed by atoms with Crippen LogP contribution in [0.25, 0.3) is 0 Å². The molecule has 2 aromatic heterocycles. The lowest BCUT2D eigenvalue weighted by Crippen LogP contribution is -1.88. The molecule has 15 heavy (non-hydrogen) atoms. The summed E-state index contributed by atoms with van der Waals surface area (Å²) < 4.78 is 0. The van der Waals surface area contributed by atoms with Gasteiger partial charge in [-0.2, -0.15) is 0 Å². The van der Waals surface area contributed by atoms with Gasteiger partial charge < -0.3 is 0 Å². The second kappa shape index (κ2) is 4.11. The van der Waals surface area contributed by atoms with E-state index in [0.29, 0.717) is 5.92 Å². The molecule has 80 valence electrons. The Morgan fingerprint density at radius 3 is 2.20 bits per heavy atom. The topological polar surface area (TPSA) is 0 Å². The monoisotopic (exact) mass is 236 g/mol. The Kier molecular flexibility index (Phi) is 2.98. The van der Waals surface area contributed by atoms with E-state index in [1.54, 1.807) is 0 Å². The first-order valence-corrected chi connectivity index (χ1v) is 6.84. The number of rotatable bonds is 2. The molecule has 0 nitrogen and oxygen atoms in total. The van der Waals surface area contributed by atoms with Crippen molar-refractivity contribution in [2.45, 2.75) is 33.6 Å². The average molecular weight is 236 g/mol. The third kappa shape index (κ3) is 2.16. The van der Waals surface area contributed by atoms with Crippen LogP contribution >= 0.6 is 22.7 Å². The molecule has 0 aliphatic heterocycles. The molecule has 0 aromatic carbocycles. The molecule has 2 heterocycles. The van der Waals surface area contributed by atoms with Crippen LogP contribution in [0.3, 0.4) is 0 Å². The van der Waals surface area contributed by atoms with Crippen LogP contribution in [0.4, 0.5) is 0 Å². The minimum Gasteiger partial charge on any atom is -0.145 e. The first kappa shape index (κ1) is 10.9. The highest BCUT2D eigenvalue weighted by Gasteiger charge is 2.13. The van der Waals surface area contributed by atoms with Gasteiger partial charge in [-0.25, -0.2) is 0 Å². The van der Waals surface area contributed by atoms with Crippen molar-refractivity contribution in [3.8, 4) is 0 Å². The molecule has 2 aromatic rings. The van der Waals surface area contributed by atoms with Gasteiger partial charge >= 0.3 is 0 Å². The molecule has 0 N–H and O–H groups in total. The Balaban J connectivity index is 2.31. The zero-order valence-corrected chi connectivity index (χ0v) is 11.3. The van der Waals surface area contributed by atoms with E-state index in [9.17, 15) is 0 Å². The molecule has 0 amide bonds. The van der Waals surface area contributed by atoms with Crippen LogP contribution in [-0.4, -0.2) is 0 Å². The highest BCUT2D eigenvalue weighted by Crippen LogP contribution is 2.35. The minimum absolute atomic E-state index is 0.557. The maximum Gasteiger partial charge on any atom is 0.0250 e. The quantitative estimate of drug-likeness (QED) is 0.696. The number of hydrogen-bond donors (Lipinski definition) is 0. The van der Waals surface area contributed by atoms with Crippen molar-refractivity contribution in [2.24, 2.45) is 0 Å². The molecule has 0 aliphatic rings. The summed E-state index contributed by atoms with van der Waals surface area (Å²) in [4.78, 5) is 5.83. The van der Waals surface area contributed by atoms with E-state index in [-0.39, 0.29) is 0 Å². The summed E-state index contributed by atoms with van der Waals surface area (Å²) in [7, 11) is 0. The zero-order chi connectivity index (χ0) is 11.0. The molecule has 0 saturated heterocycles. The smallest absolute Gasteiger partial charge is 0.0250 e. The SMILES string of the molecule is Cc1ccc(C(C)c2cc(C)c(C)s2)s1. The van der Waals surface area contributed by atoms with Crippen LogP contribution in [0.1, 0.15) is 37.9 Å². The Hall–Kier alpha value is -0.600. The summed E-state index contributed by atoms with van der Waals surface area (Å²) in [6, 6.07) is 6.80. The third-order valence-corrected chi connectivity index (χ3v) is 5.32. The maximum atomic E-state index is 2.33. The summed E-state index contributed by atoms with van der Waals surface area (Å²) in [5.41, 5.74) is 1.43. The molecule has 0 spiro atoms. The molecule has 2 rings (SSSR count). The lowest BCUT2D eigenvalue weighted by molar-refractivity contribution is 0.974. The van der Waals surface area contributed by atoms with Gasteiger partial charge in [0.25, 0.3) is 0 Å². The van der Waals surface area contributed by atoms with Gasteiger partial charge in [0, 0.05) is 25.4 Å². The highest BCUT2D eigenvalue weighted by atomic mass is 32.1. The van der Waals surface area contributed by atoms with Crippen LogP contribution < -0.4 is 0 Å². The molecule has 1 unspecified atom stereocenters. The summed E-state index contributed by atoms with van der Waals surface area (Å²) in [6.45, 7) is 8.87. The maximum absolute atomic E-state index is 2.33. The van der Waals surface area contributed by atoms with Crippen LogP contribution in [0.5, 0.6) is 0 Å². The van der Waals surface area contributed by atoms with Crippen LogP contribution in [-0.2, 0) is 0 Å². The standard InChI is InChI=1S/C13H16S2/c1-8-7-13(15-11(8)4)10(3)12-6-5-9(2)14-12/h5-7,10H,1-4H3. The first-order valence-electron chi connectivity index (χ1n) is 5.21. The third-order valence-electron chi connectivity index (χ3n) is 2.80. The van der Waals surface area contributed by atoms with Gasteiger partial charge in [-0.15, -0.1) is 22.7 Å². The minimum atomic E-state index is 0.557. The molecule has 0 bridgehead atoms. The molecule has 0 fully saturated rings. The molecule has 0 aliphatic carbocycles. The predicted octanol–water partition coefficient (Wildman–Crippen LogP) is 4.89. The average Bonchev–Trinajstić information content (AvgIpc) is 2.74. The lowest BCUT2D eigenvalue weighted by Gasteiger charge is -2.05. The van der Waals surface area contributed by atoms with Crippen molar-refractivity contribution in [3.05, 3.63) is 43.3 Å². The molecular weight excluding hydrogens is 220 g/mol. The fraction of sp³-hybridized carbons (Fsp3) is 0.385. The van der Waals surface area contributed by atoms with Crippen molar-refractivity contribution >= 4 is 22.7 Å². The fourth-order valence-electron chi connectivity index (χ4n) is 1.64. The van der Waals surface area contributed by atoms with Crippen molar-refractivity contribution in [3.63, 3.8) is 0 Å². The van der Waals surface area contributed by atoms with Crippen LogP contribution in [0, 0.1) is 20.8 Å². The lowest BCUT2D eigenvalue weighted by atomic mass is 10.1. The summed E-state index contributed by atoms with van der Waals surface area (Å²) in [5.74, 6) is 0.557. The van der Waals surface area contributed by atoms with E-state index >= 15 is 0 Å². The van der Waals surface area contributed by atoms with E-state index in [4.69, 9.17) is 0 Å². The molecule has 0 radical (unpaired) electrons. The summed E-state index contributed by atoms with van der Waals surface area (Å²) in [5, 5.41) is 0. The zero-order valence-electron chi connectivity index (χ0n) is 9.63. The van der Waals surface area contributed by atoms with Gasteiger partial charge in [-0.3, -0.25) is 0 Å². The predicted molar refractivity (Wildman–Crippen MR) is 70.4 cm³/mol. The van der Waals surface area contributed by atoms with E-state index in [2.05, 4.69) is 45.9 Å². The van der Waals surface area contributed by atoms with Crippen molar-refractivity contribution in [2.75, 3.05) is 0 Å². The first-order chi connectivity index (χ1) is 7.08.